The molecule has 0 aliphatic carbocycles. The molecule has 4 aromatic rings. The molecule has 5 rings (SSSR count). The second-order valence-corrected chi connectivity index (χ2v) is 8.66. The molecule has 2 bridgehead atoms. The van der Waals surface area contributed by atoms with Gasteiger partial charge in [0.05, 0.1) is 36.8 Å². The molecule has 1 aliphatic heterocycles. The normalized spacial score (nSPS) is 15.2. The molecule has 0 saturated heterocycles. The van der Waals surface area contributed by atoms with Crippen LogP contribution in [0.3, 0.4) is 0 Å². The van der Waals surface area contributed by atoms with Crippen LogP contribution in [0.1, 0.15) is 29.8 Å². The van der Waals surface area contributed by atoms with Crippen molar-refractivity contribution in [2.75, 3.05) is 29.5 Å². The van der Waals surface area contributed by atoms with E-state index in [4.69, 9.17) is 15.2 Å². The summed E-state index contributed by atoms with van der Waals surface area (Å²) >= 11 is 0. The summed E-state index contributed by atoms with van der Waals surface area (Å²) in [4.78, 5) is 33.3. The molecule has 1 aliphatic rings. The van der Waals surface area contributed by atoms with Gasteiger partial charge >= 0.3 is 6.09 Å². The fourth-order valence-electron chi connectivity index (χ4n) is 4.08. The van der Waals surface area contributed by atoms with Crippen molar-refractivity contribution in [3.63, 3.8) is 0 Å². The van der Waals surface area contributed by atoms with Crippen LogP contribution in [-0.2, 0) is 11.3 Å². The number of carbonyl (C=O) groups is 2. The zero-order valence-electron chi connectivity index (χ0n) is 20.9. The third-order valence-corrected chi connectivity index (χ3v) is 5.90. The van der Waals surface area contributed by atoms with Crippen LogP contribution in [0.15, 0.2) is 36.7 Å². The summed E-state index contributed by atoms with van der Waals surface area (Å²) in [6, 6.07) is 5.31. The molecule has 39 heavy (non-hydrogen) atoms. The number of nitrogens with zero attached hydrogens (tertiary/aromatic N) is 4. The molecule has 0 spiro atoms. The van der Waals surface area contributed by atoms with Crippen molar-refractivity contribution in [3.05, 3.63) is 59.4 Å². The molecule has 0 fully saturated rings. The number of pyridine rings is 1. The first-order valence-electron chi connectivity index (χ1n) is 12.0. The Morgan fingerprint density at radius 3 is 2.87 bits per heavy atom. The van der Waals surface area contributed by atoms with E-state index in [1.54, 1.807) is 13.8 Å². The van der Waals surface area contributed by atoms with Gasteiger partial charge in [-0.2, -0.15) is 9.61 Å². The van der Waals surface area contributed by atoms with E-state index in [-0.39, 0.29) is 59.7 Å². The topological polar surface area (TPSA) is 158 Å². The van der Waals surface area contributed by atoms with Gasteiger partial charge in [-0.3, -0.25) is 10.1 Å². The number of ether oxygens (including phenoxy) is 2. The Balaban J connectivity index is 1.63. The Morgan fingerprint density at radius 1 is 1.28 bits per heavy atom. The maximum atomic E-state index is 15.0. The summed E-state index contributed by atoms with van der Waals surface area (Å²) in [6.07, 6.45) is 1.07. The van der Waals surface area contributed by atoms with E-state index in [1.165, 1.54) is 28.9 Å². The number of nitrogens with one attached hydrogen (secondary N) is 3. The fourth-order valence-corrected chi connectivity index (χ4v) is 4.08. The van der Waals surface area contributed by atoms with Crippen LogP contribution in [-0.4, -0.2) is 50.8 Å². The minimum Gasteiger partial charge on any atom is -0.473 e. The largest absolute Gasteiger partial charge is 0.473 e. The Hall–Kier alpha value is -5.01. The summed E-state index contributed by atoms with van der Waals surface area (Å²) in [6.45, 7) is 3.63. The first-order valence-corrected chi connectivity index (χ1v) is 12.0. The van der Waals surface area contributed by atoms with Crippen LogP contribution in [0, 0.1) is 11.6 Å². The summed E-state index contributed by atoms with van der Waals surface area (Å²) in [5, 5.41) is 12.4. The third-order valence-electron chi connectivity index (χ3n) is 5.90. The highest BCUT2D eigenvalue weighted by Gasteiger charge is 2.24. The number of halogens is 2. The highest BCUT2D eigenvalue weighted by Crippen LogP contribution is 2.36. The molecule has 5 N–H and O–H groups in total. The molecule has 12 nitrogen and oxygen atoms in total. The maximum absolute atomic E-state index is 15.0. The molecule has 2 amide bonds. The van der Waals surface area contributed by atoms with E-state index < -0.39 is 29.7 Å². The third kappa shape index (κ3) is 5.08. The molecule has 0 radical (unpaired) electrons. The number of carbonyl (C=O) groups excluding carboxylic acids is 2. The van der Waals surface area contributed by atoms with Crippen molar-refractivity contribution >= 4 is 35.0 Å². The second kappa shape index (κ2) is 10.4. The van der Waals surface area contributed by atoms with Crippen molar-refractivity contribution in [1.82, 2.24) is 24.9 Å². The van der Waals surface area contributed by atoms with Gasteiger partial charge in [0, 0.05) is 12.1 Å². The summed E-state index contributed by atoms with van der Waals surface area (Å²) in [7, 11) is 0. The van der Waals surface area contributed by atoms with Gasteiger partial charge in [0.15, 0.2) is 5.65 Å². The van der Waals surface area contributed by atoms with E-state index in [0.29, 0.717) is 11.1 Å². The number of amides is 2. The van der Waals surface area contributed by atoms with Crippen LogP contribution in [0.2, 0.25) is 0 Å². The maximum Gasteiger partial charge on any atom is 0.411 e. The quantitative estimate of drug-likeness (QED) is 0.307. The lowest BCUT2D eigenvalue weighted by Crippen LogP contribution is -2.33. The zero-order valence-corrected chi connectivity index (χ0v) is 20.9. The lowest BCUT2D eigenvalue weighted by atomic mass is 10.1. The van der Waals surface area contributed by atoms with Gasteiger partial charge in [0.1, 0.15) is 34.9 Å². The van der Waals surface area contributed by atoms with Gasteiger partial charge < -0.3 is 25.8 Å². The molecule has 4 heterocycles. The van der Waals surface area contributed by atoms with Crippen LogP contribution in [0.4, 0.5) is 30.9 Å². The van der Waals surface area contributed by atoms with E-state index in [2.05, 4.69) is 31.0 Å². The van der Waals surface area contributed by atoms with E-state index in [0.717, 1.165) is 12.3 Å². The Kier molecular flexibility index (Phi) is 6.83. The Morgan fingerprint density at radius 2 is 2.10 bits per heavy atom. The Labute approximate surface area is 220 Å². The van der Waals surface area contributed by atoms with Crippen molar-refractivity contribution < 1.29 is 27.8 Å². The number of fused-ring (bicyclic) bond motifs is 2. The number of nitrogen functional groups attached to an aromatic ring is 1. The van der Waals surface area contributed by atoms with Gasteiger partial charge in [-0.1, -0.05) is 6.07 Å². The average molecular weight is 539 g/mol. The molecule has 0 saturated carbocycles. The van der Waals surface area contributed by atoms with E-state index >= 15 is 4.39 Å². The van der Waals surface area contributed by atoms with Crippen LogP contribution in [0.5, 0.6) is 5.88 Å². The number of benzene rings is 1. The van der Waals surface area contributed by atoms with Gasteiger partial charge in [-0.15, -0.1) is 0 Å². The second-order valence-electron chi connectivity index (χ2n) is 8.66. The minimum absolute atomic E-state index is 0.0122. The first-order chi connectivity index (χ1) is 18.7. The standard InChI is InChI=1S/C25H24F2N8O4/c1-3-38-25(37)33-18-5-4-13(7-17(18)27)19-20(28)35-22-16(11-32-35)23(36)30-8-12(2)39-24-14(6-15(26)10-31-24)9-29-21(19)34-22/h4-7,10-12H,3,8-9,28H2,1-2H3,(H,29,34)(H,30,36)(H,33,37). The highest BCUT2D eigenvalue weighted by atomic mass is 19.1. The predicted molar refractivity (Wildman–Crippen MR) is 137 cm³/mol. The molecule has 202 valence electrons. The van der Waals surface area contributed by atoms with Gasteiger partial charge in [-0.05, 0) is 37.6 Å². The number of rotatable bonds is 3. The van der Waals surface area contributed by atoms with Crippen LogP contribution >= 0.6 is 0 Å². The lowest BCUT2D eigenvalue weighted by Gasteiger charge is -2.18. The molecule has 14 heteroatoms. The monoisotopic (exact) mass is 538 g/mol. The predicted octanol–water partition coefficient (Wildman–Crippen LogP) is 3.34. The van der Waals surface area contributed by atoms with Gasteiger partial charge in [-0.25, -0.2) is 23.5 Å². The first kappa shape index (κ1) is 25.6. The van der Waals surface area contributed by atoms with Crippen molar-refractivity contribution in [2.45, 2.75) is 26.5 Å². The number of anilines is 3. The highest BCUT2D eigenvalue weighted by molar-refractivity contribution is 6.01. The zero-order chi connectivity index (χ0) is 27.7. The molecular formula is C25H24F2N8O4. The number of hydrogen-bond donors (Lipinski definition) is 4. The van der Waals surface area contributed by atoms with Gasteiger partial charge in [0.25, 0.3) is 5.91 Å². The number of aromatic nitrogens is 4. The van der Waals surface area contributed by atoms with Crippen LogP contribution in [0.25, 0.3) is 16.8 Å². The average Bonchev–Trinajstić information content (AvgIpc) is 3.33. The van der Waals surface area contributed by atoms with Crippen molar-refractivity contribution in [3.8, 4) is 17.0 Å². The lowest BCUT2D eigenvalue weighted by molar-refractivity contribution is 0.0932. The minimum atomic E-state index is -0.801. The molecule has 1 unspecified atom stereocenters. The number of hydrogen-bond acceptors (Lipinski definition) is 9. The molecule has 1 atom stereocenters. The molecular weight excluding hydrogens is 514 g/mol. The summed E-state index contributed by atoms with van der Waals surface area (Å²) < 4.78 is 41.0. The number of nitrogens with two attached hydrogens (primary N) is 1. The van der Waals surface area contributed by atoms with Crippen molar-refractivity contribution in [1.29, 1.82) is 0 Å². The van der Waals surface area contributed by atoms with Crippen molar-refractivity contribution in [2.24, 2.45) is 0 Å². The van der Waals surface area contributed by atoms with Crippen LogP contribution < -0.4 is 26.4 Å². The summed E-state index contributed by atoms with van der Waals surface area (Å²) in [5.41, 5.74) is 7.63. The summed E-state index contributed by atoms with van der Waals surface area (Å²) in [5.74, 6) is -1.39. The Bertz CT molecular complexity index is 1590. The SMILES string of the molecule is CCOC(=O)Nc1ccc(-c2c3nc4c(cnn4c2N)C(=O)NCC(C)Oc2ncc(F)cc2CN3)cc1F. The van der Waals surface area contributed by atoms with Gasteiger partial charge in [0.2, 0.25) is 5.88 Å². The molecule has 3 aromatic heterocycles. The smallest absolute Gasteiger partial charge is 0.411 e. The van der Waals surface area contributed by atoms with E-state index in [1.807, 2.05) is 0 Å². The van der Waals surface area contributed by atoms with E-state index in [9.17, 15) is 14.0 Å². The fraction of sp³-hybridized carbons (Fsp3) is 0.240. The molecule has 1 aromatic carbocycles.